The van der Waals surface area contributed by atoms with Gasteiger partial charge in [-0.2, -0.15) is 0 Å². The van der Waals surface area contributed by atoms with Crippen LogP contribution in [0.2, 0.25) is 0 Å². The maximum atomic E-state index is 9.73. The Hall–Kier alpha value is -2.14. The molecule has 0 spiro atoms. The minimum Gasteiger partial charge on any atom is -0.496 e. The molecule has 1 heterocycles. The number of nitrogens with zero attached hydrogens (tertiary/aromatic N) is 1. The molecule has 156 valence electrons. The number of unbranched alkanes of at least 4 members (excludes halogenated alkanes) is 1. The number of ether oxygens (including phenoxy) is 1. The lowest BCUT2D eigenvalue weighted by atomic mass is 9.86. The van der Waals surface area contributed by atoms with Gasteiger partial charge in [-0.3, -0.25) is 0 Å². The van der Waals surface area contributed by atoms with Gasteiger partial charge in [-0.05, 0) is 69.9 Å². The van der Waals surface area contributed by atoms with E-state index >= 15 is 0 Å². The van der Waals surface area contributed by atoms with Gasteiger partial charge in [-0.25, -0.2) is 0 Å². The van der Waals surface area contributed by atoms with Crippen LogP contribution in [0.1, 0.15) is 48.9 Å². The van der Waals surface area contributed by atoms with E-state index < -0.39 is 0 Å². The van der Waals surface area contributed by atoms with E-state index in [1.54, 1.807) is 7.11 Å². The third-order valence-electron chi connectivity index (χ3n) is 5.83. The molecule has 3 aromatic carbocycles. The van der Waals surface area contributed by atoms with Gasteiger partial charge < -0.3 is 19.8 Å². The standard InChI is InChI=1S/C21H23NO3.C4H10/c1-22-6-5-16-19-9-21(25-2)14(12-24)8-18(19)17-7-13(11-23)3-4-15(17)20(16)10-22;1-3-4-2/h3-4,7-9,23-24H,5-6,10-12H2,1-2H3;3-4H2,1-2H3. The van der Waals surface area contributed by atoms with E-state index in [2.05, 4.69) is 44.0 Å². The Morgan fingerprint density at radius 2 is 1.62 bits per heavy atom. The number of hydrogen-bond acceptors (Lipinski definition) is 4. The molecule has 0 amide bonds. The Morgan fingerprint density at radius 1 is 0.897 bits per heavy atom. The Kier molecular flexibility index (Phi) is 7.12. The van der Waals surface area contributed by atoms with Crippen molar-refractivity contribution in [3.63, 3.8) is 0 Å². The number of benzene rings is 3. The zero-order valence-electron chi connectivity index (χ0n) is 18.1. The highest BCUT2D eigenvalue weighted by molar-refractivity contribution is 6.11. The summed E-state index contributed by atoms with van der Waals surface area (Å²) in [5.74, 6) is 0.730. The molecule has 0 aliphatic carbocycles. The Morgan fingerprint density at radius 3 is 2.24 bits per heavy atom. The van der Waals surface area contributed by atoms with Gasteiger partial charge in [0, 0.05) is 18.7 Å². The summed E-state index contributed by atoms with van der Waals surface area (Å²) in [4.78, 5) is 2.34. The lowest BCUT2D eigenvalue weighted by molar-refractivity contribution is 0.274. The highest BCUT2D eigenvalue weighted by Crippen LogP contribution is 2.39. The van der Waals surface area contributed by atoms with E-state index in [0.717, 1.165) is 47.2 Å². The molecule has 4 rings (SSSR count). The van der Waals surface area contributed by atoms with Crippen LogP contribution < -0.4 is 4.74 Å². The van der Waals surface area contributed by atoms with Crippen LogP contribution in [0.4, 0.5) is 0 Å². The number of likely N-dealkylation sites (N-methyl/N-ethyl adjacent to an activating group) is 1. The average Bonchev–Trinajstić information content (AvgIpc) is 2.77. The lowest BCUT2D eigenvalue weighted by Gasteiger charge is -2.28. The SMILES string of the molecule is CCCC.COc1cc2c3c(c4ccc(CO)cc4c2cc1CO)CN(C)CC3. The van der Waals surface area contributed by atoms with Gasteiger partial charge in [0.05, 0.1) is 20.3 Å². The molecular formula is C25H33NO3. The van der Waals surface area contributed by atoms with Gasteiger partial charge >= 0.3 is 0 Å². The predicted molar refractivity (Wildman–Crippen MR) is 120 cm³/mol. The number of hydrogen-bond donors (Lipinski definition) is 2. The number of fused-ring (bicyclic) bond motifs is 6. The molecule has 0 bridgehead atoms. The molecule has 0 saturated heterocycles. The van der Waals surface area contributed by atoms with Crippen molar-refractivity contribution in [2.45, 2.75) is 52.9 Å². The minimum atomic E-state index is -0.0554. The van der Waals surface area contributed by atoms with Gasteiger partial charge in [0.25, 0.3) is 0 Å². The second-order valence-corrected chi connectivity index (χ2v) is 7.85. The molecule has 2 N–H and O–H groups in total. The van der Waals surface area contributed by atoms with Crippen molar-refractivity contribution in [2.75, 3.05) is 20.7 Å². The van der Waals surface area contributed by atoms with E-state index in [0.29, 0.717) is 0 Å². The van der Waals surface area contributed by atoms with Crippen molar-refractivity contribution < 1.29 is 14.9 Å². The molecule has 1 aliphatic heterocycles. The number of aliphatic hydroxyl groups excluding tert-OH is 2. The molecule has 4 heteroatoms. The summed E-state index contributed by atoms with van der Waals surface area (Å²) >= 11 is 0. The molecule has 4 nitrogen and oxygen atoms in total. The fourth-order valence-corrected chi connectivity index (χ4v) is 4.03. The summed E-state index contributed by atoms with van der Waals surface area (Å²) in [5, 5.41) is 24.0. The maximum Gasteiger partial charge on any atom is 0.125 e. The van der Waals surface area contributed by atoms with E-state index in [-0.39, 0.29) is 13.2 Å². The quantitative estimate of drug-likeness (QED) is 0.624. The molecule has 0 unspecified atom stereocenters. The van der Waals surface area contributed by atoms with E-state index in [1.165, 1.54) is 34.7 Å². The lowest BCUT2D eigenvalue weighted by Crippen LogP contribution is -2.27. The smallest absolute Gasteiger partial charge is 0.125 e. The van der Waals surface area contributed by atoms with Crippen LogP contribution >= 0.6 is 0 Å². The molecule has 0 saturated carbocycles. The molecule has 29 heavy (non-hydrogen) atoms. The molecule has 0 aromatic heterocycles. The third-order valence-corrected chi connectivity index (χ3v) is 5.83. The summed E-state index contributed by atoms with van der Waals surface area (Å²) in [6.07, 6.45) is 3.64. The van der Waals surface area contributed by atoms with Gasteiger partial charge in [-0.15, -0.1) is 0 Å². The van der Waals surface area contributed by atoms with Crippen molar-refractivity contribution in [3.05, 3.63) is 52.6 Å². The van der Waals surface area contributed by atoms with Crippen molar-refractivity contribution in [3.8, 4) is 5.75 Å². The predicted octanol–water partition coefficient (Wildman–Crippen LogP) is 4.78. The summed E-state index contributed by atoms with van der Waals surface area (Å²) in [5.41, 5.74) is 4.43. The van der Waals surface area contributed by atoms with Crippen LogP contribution in [-0.2, 0) is 26.2 Å². The maximum absolute atomic E-state index is 9.73. The van der Waals surface area contributed by atoms with Gasteiger partial charge in [0.2, 0.25) is 0 Å². The first-order valence-electron chi connectivity index (χ1n) is 10.5. The second-order valence-electron chi connectivity index (χ2n) is 7.85. The molecule has 0 atom stereocenters. The zero-order chi connectivity index (χ0) is 21.0. The van der Waals surface area contributed by atoms with Crippen LogP contribution in [0.25, 0.3) is 21.5 Å². The van der Waals surface area contributed by atoms with Crippen molar-refractivity contribution in [1.29, 1.82) is 0 Å². The van der Waals surface area contributed by atoms with Crippen molar-refractivity contribution in [2.24, 2.45) is 0 Å². The van der Waals surface area contributed by atoms with E-state index in [1.807, 2.05) is 12.1 Å². The Balaban J connectivity index is 0.000000552. The normalized spacial score (nSPS) is 13.9. The Labute approximate surface area is 173 Å². The van der Waals surface area contributed by atoms with Gasteiger partial charge in [-0.1, -0.05) is 38.8 Å². The van der Waals surface area contributed by atoms with Gasteiger partial charge in [0.1, 0.15) is 5.75 Å². The monoisotopic (exact) mass is 395 g/mol. The minimum absolute atomic E-state index is 0.0252. The molecular weight excluding hydrogens is 362 g/mol. The zero-order valence-corrected chi connectivity index (χ0v) is 18.1. The summed E-state index contributed by atoms with van der Waals surface area (Å²) in [7, 11) is 3.79. The first kappa shape index (κ1) is 21.6. The molecule has 3 aromatic rings. The van der Waals surface area contributed by atoms with Crippen molar-refractivity contribution in [1.82, 2.24) is 4.90 Å². The number of methoxy groups -OCH3 is 1. The number of aliphatic hydroxyl groups is 2. The summed E-state index contributed by atoms with van der Waals surface area (Å²) in [6, 6.07) is 10.3. The fourth-order valence-electron chi connectivity index (χ4n) is 4.03. The van der Waals surface area contributed by atoms with Crippen LogP contribution in [0.5, 0.6) is 5.75 Å². The highest BCUT2D eigenvalue weighted by Gasteiger charge is 2.21. The highest BCUT2D eigenvalue weighted by atomic mass is 16.5. The average molecular weight is 396 g/mol. The Bertz CT molecular complexity index is 995. The van der Waals surface area contributed by atoms with E-state index in [9.17, 15) is 10.2 Å². The van der Waals surface area contributed by atoms with Crippen LogP contribution in [0.15, 0.2) is 30.3 Å². The second kappa shape index (κ2) is 9.57. The van der Waals surface area contributed by atoms with E-state index in [4.69, 9.17) is 4.74 Å². The fraction of sp³-hybridized carbons (Fsp3) is 0.440. The first-order chi connectivity index (χ1) is 14.1. The largest absolute Gasteiger partial charge is 0.496 e. The third kappa shape index (κ3) is 4.25. The van der Waals surface area contributed by atoms with Crippen molar-refractivity contribution >= 4 is 21.5 Å². The molecule has 1 aliphatic rings. The summed E-state index contributed by atoms with van der Waals surface area (Å²) in [6.45, 7) is 6.29. The molecule has 0 fully saturated rings. The first-order valence-corrected chi connectivity index (χ1v) is 10.5. The summed E-state index contributed by atoms with van der Waals surface area (Å²) < 4.78 is 5.50. The van der Waals surface area contributed by atoms with Gasteiger partial charge in [0.15, 0.2) is 0 Å². The molecule has 0 radical (unpaired) electrons. The van der Waals surface area contributed by atoms with Crippen LogP contribution in [0, 0.1) is 0 Å². The van der Waals surface area contributed by atoms with Crippen LogP contribution in [0.3, 0.4) is 0 Å². The topological polar surface area (TPSA) is 52.9 Å². The van der Waals surface area contributed by atoms with Crippen LogP contribution in [-0.4, -0.2) is 35.8 Å². The number of rotatable bonds is 4.